The zero-order valence-electron chi connectivity index (χ0n) is 14.5. The molecule has 4 aliphatic carbocycles. The Hall–Kier alpha value is -0.760. The summed E-state index contributed by atoms with van der Waals surface area (Å²) in [5.41, 5.74) is 2.29. The summed E-state index contributed by atoms with van der Waals surface area (Å²) in [6.45, 7) is 2.15. The van der Waals surface area contributed by atoms with E-state index in [0.29, 0.717) is 36.4 Å². The fourth-order valence-electron chi connectivity index (χ4n) is 6.24. The number of allylic oxidation sites excluding steroid dienone is 1. The molecule has 0 amide bonds. The number of aliphatic hydroxyl groups is 1. The van der Waals surface area contributed by atoms with Gasteiger partial charge in [0.15, 0.2) is 5.79 Å². The van der Waals surface area contributed by atoms with Crippen LogP contribution in [-0.4, -0.2) is 29.6 Å². The Morgan fingerprint density at radius 2 is 1.88 bits per heavy atom. The first-order chi connectivity index (χ1) is 11.6. The number of hydrogen-bond acceptors (Lipinski definition) is 5. The second kappa shape index (κ2) is 5.62. The van der Waals surface area contributed by atoms with Crippen LogP contribution in [0.5, 0.6) is 0 Å². The van der Waals surface area contributed by atoms with Gasteiger partial charge in [-0.25, -0.2) is 4.18 Å². The molecule has 5 atom stereocenters. The molecule has 25 heavy (non-hydrogen) atoms. The standard InChI is InChI=1S/C18H26O6S/c1-17-8-6-13-12-7-9-18(20,24-25(21,22)23)10-11(12)2-3-14(13)15(17)4-5-16(17)19/h13-15,20H,2-10H2,1H3,(H,21,22,23)/t13-,14-,15+,17+,18?/m1/s1. The van der Waals surface area contributed by atoms with E-state index in [1.165, 1.54) is 5.57 Å². The van der Waals surface area contributed by atoms with Crippen molar-refractivity contribution in [2.75, 3.05) is 0 Å². The molecule has 0 radical (unpaired) electrons. The lowest BCUT2D eigenvalue weighted by Gasteiger charge is -2.50. The third-order valence-electron chi connectivity index (χ3n) is 7.36. The fraction of sp³-hybridized carbons (Fsp3) is 0.833. The molecule has 4 rings (SSSR count). The third kappa shape index (κ3) is 2.89. The van der Waals surface area contributed by atoms with Gasteiger partial charge in [-0.3, -0.25) is 9.35 Å². The number of rotatable bonds is 2. The first kappa shape index (κ1) is 17.6. The molecule has 0 aromatic carbocycles. The highest BCUT2D eigenvalue weighted by Gasteiger charge is 2.55. The molecule has 1 unspecified atom stereocenters. The monoisotopic (exact) mass is 370 g/mol. The van der Waals surface area contributed by atoms with E-state index in [1.54, 1.807) is 0 Å². The van der Waals surface area contributed by atoms with Gasteiger partial charge in [-0.05, 0) is 56.3 Å². The van der Waals surface area contributed by atoms with Crippen molar-refractivity contribution in [1.29, 1.82) is 0 Å². The highest BCUT2D eigenvalue weighted by molar-refractivity contribution is 7.80. The summed E-state index contributed by atoms with van der Waals surface area (Å²) in [5, 5.41) is 10.4. The highest BCUT2D eigenvalue weighted by Crippen LogP contribution is 2.60. The van der Waals surface area contributed by atoms with E-state index in [1.807, 2.05) is 0 Å². The zero-order valence-corrected chi connectivity index (χ0v) is 15.3. The molecule has 0 aromatic heterocycles. The maximum atomic E-state index is 12.4. The van der Waals surface area contributed by atoms with Gasteiger partial charge in [-0.15, -0.1) is 0 Å². The Morgan fingerprint density at radius 1 is 1.12 bits per heavy atom. The van der Waals surface area contributed by atoms with Crippen molar-refractivity contribution in [3.63, 3.8) is 0 Å². The van der Waals surface area contributed by atoms with Crippen molar-refractivity contribution in [1.82, 2.24) is 0 Å². The molecule has 0 spiro atoms. The van der Waals surface area contributed by atoms with Crippen LogP contribution in [0.3, 0.4) is 0 Å². The fourth-order valence-corrected chi connectivity index (χ4v) is 6.77. The molecule has 0 aromatic rings. The third-order valence-corrected chi connectivity index (χ3v) is 7.88. The molecule has 0 saturated heterocycles. The van der Waals surface area contributed by atoms with Gasteiger partial charge in [0, 0.05) is 24.7 Å². The molecule has 4 aliphatic rings. The second-order valence-electron chi connectivity index (χ2n) is 8.60. The Kier molecular flexibility index (Phi) is 3.96. The predicted molar refractivity (Wildman–Crippen MR) is 89.7 cm³/mol. The quantitative estimate of drug-likeness (QED) is 0.440. The van der Waals surface area contributed by atoms with E-state index >= 15 is 0 Å². The first-order valence-electron chi connectivity index (χ1n) is 9.26. The predicted octanol–water partition coefficient (Wildman–Crippen LogP) is 2.78. The van der Waals surface area contributed by atoms with Gasteiger partial charge in [-0.2, -0.15) is 8.42 Å². The smallest absolute Gasteiger partial charge is 0.364 e. The molecular weight excluding hydrogens is 344 g/mol. The number of carbonyl (C=O) groups excluding carboxylic acids is 1. The molecule has 7 heteroatoms. The van der Waals surface area contributed by atoms with E-state index in [9.17, 15) is 18.3 Å². The minimum Gasteiger partial charge on any atom is -0.364 e. The van der Waals surface area contributed by atoms with E-state index in [2.05, 4.69) is 11.1 Å². The normalized spacial score (nSPS) is 44.3. The summed E-state index contributed by atoms with van der Waals surface area (Å²) in [5.74, 6) is 0.0322. The van der Waals surface area contributed by atoms with Gasteiger partial charge in [-0.1, -0.05) is 18.1 Å². The molecule has 2 N–H and O–H groups in total. The van der Waals surface area contributed by atoms with E-state index in [0.717, 1.165) is 37.7 Å². The summed E-state index contributed by atoms with van der Waals surface area (Å²) in [6.07, 6.45) is 6.35. The van der Waals surface area contributed by atoms with Gasteiger partial charge >= 0.3 is 10.4 Å². The van der Waals surface area contributed by atoms with Crippen LogP contribution in [0.2, 0.25) is 0 Å². The summed E-state index contributed by atoms with van der Waals surface area (Å²) in [4.78, 5) is 12.4. The highest BCUT2D eigenvalue weighted by atomic mass is 32.3. The Bertz CT molecular complexity index is 741. The van der Waals surface area contributed by atoms with Gasteiger partial charge in [0.25, 0.3) is 0 Å². The van der Waals surface area contributed by atoms with Crippen LogP contribution in [0, 0.1) is 23.2 Å². The van der Waals surface area contributed by atoms with Crippen molar-refractivity contribution in [2.45, 2.75) is 70.5 Å². The number of Topliss-reactive ketones (excluding diaryl/α,β-unsaturated/α-hetero) is 1. The SMILES string of the molecule is C[C@]12CC[C@@H]3C4=C(CC[C@H]3[C@@H]1CCC2=O)CC(O)(OS(=O)(=O)O)CC4. The van der Waals surface area contributed by atoms with E-state index in [-0.39, 0.29) is 18.3 Å². The van der Waals surface area contributed by atoms with Crippen molar-refractivity contribution in [2.24, 2.45) is 23.2 Å². The van der Waals surface area contributed by atoms with Gasteiger partial charge in [0.2, 0.25) is 0 Å². The summed E-state index contributed by atoms with van der Waals surface area (Å²) < 4.78 is 35.5. The maximum absolute atomic E-state index is 12.4. The zero-order chi connectivity index (χ0) is 18.0. The topological polar surface area (TPSA) is 101 Å². The van der Waals surface area contributed by atoms with Gasteiger partial charge in [0.1, 0.15) is 5.78 Å². The minimum atomic E-state index is -4.68. The molecule has 2 fully saturated rings. The number of fused-ring (bicyclic) bond motifs is 4. The number of carbonyl (C=O) groups is 1. The largest absolute Gasteiger partial charge is 0.400 e. The molecule has 2 saturated carbocycles. The Balaban J connectivity index is 1.58. The van der Waals surface area contributed by atoms with Gasteiger partial charge in [0.05, 0.1) is 0 Å². The van der Waals surface area contributed by atoms with Crippen LogP contribution in [0.4, 0.5) is 0 Å². The molecule has 140 valence electrons. The average Bonchev–Trinajstić information content (AvgIpc) is 2.80. The van der Waals surface area contributed by atoms with Crippen molar-refractivity contribution >= 4 is 16.2 Å². The first-order valence-corrected chi connectivity index (χ1v) is 10.6. The maximum Gasteiger partial charge on any atom is 0.400 e. The van der Waals surface area contributed by atoms with Crippen LogP contribution >= 0.6 is 0 Å². The summed E-state index contributed by atoms with van der Waals surface area (Å²) in [7, 11) is -4.68. The summed E-state index contributed by atoms with van der Waals surface area (Å²) >= 11 is 0. The number of hydrogen-bond donors (Lipinski definition) is 2. The van der Waals surface area contributed by atoms with E-state index < -0.39 is 16.2 Å². The van der Waals surface area contributed by atoms with Crippen molar-refractivity contribution in [3.8, 4) is 0 Å². The average molecular weight is 370 g/mol. The van der Waals surface area contributed by atoms with E-state index in [4.69, 9.17) is 4.55 Å². The molecular formula is C18H26O6S. The molecule has 0 bridgehead atoms. The molecule has 6 nitrogen and oxygen atoms in total. The lowest BCUT2D eigenvalue weighted by Crippen LogP contribution is -2.46. The lowest BCUT2D eigenvalue weighted by molar-refractivity contribution is -0.148. The second-order valence-corrected chi connectivity index (χ2v) is 9.62. The van der Waals surface area contributed by atoms with Crippen LogP contribution in [0.15, 0.2) is 11.1 Å². The molecule has 0 heterocycles. The lowest BCUT2D eigenvalue weighted by atomic mass is 9.54. The summed E-state index contributed by atoms with van der Waals surface area (Å²) in [6, 6.07) is 0. The van der Waals surface area contributed by atoms with Crippen LogP contribution in [0.25, 0.3) is 0 Å². The van der Waals surface area contributed by atoms with Crippen molar-refractivity contribution in [3.05, 3.63) is 11.1 Å². The number of ketones is 1. The Labute approximate surface area is 148 Å². The van der Waals surface area contributed by atoms with Crippen LogP contribution in [0.1, 0.15) is 64.7 Å². The van der Waals surface area contributed by atoms with Crippen LogP contribution in [-0.2, 0) is 19.4 Å². The molecule has 0 aliphatic heterocycles. The van der Waals surface area contributed by atoms with Crippen LogP contribution < -0.4 is 0 Å². The van der Waals surface area contributed by atoms with Crippen molar-refractivity contribution < 1.29 is 27.1 Å². The Morgan fingerprint density at radius 3 is 2.60 bits per heavy atom. The van der Waals surface area contributed by atoms with Gasteiger partial charge < -0.3 is 5.11 Å². The minimum absolute atomic E-state index is 0.145.